The lowest BCUT2D eigenvalue weighted by Gasteiger charge is -2.01. The van der Waals surface area contributed by atoms with Crippen LogP contribution in [0.2, 0.25) is 5.28 Å². The van der Waals surface area contributed by atoms with Gasteiger partial charge in [-0.1, -0.05) is 0 Å². The number of aliphatic hydroxyl groups excluding tert-OH is 1. The van der Waals surface area contributed by atoms with E-state index in [1.165, 1.54) is 18.0 Å². The molecule has 0 aliphatic rings. The number of thioether (sulfide) groups is 1. The number of aliphatic hydroxyl groups is 1. The minimum absolute atomic E-state index is 0.0890. The number of rotatable bonds is 3. The minimum Gasteiger partial charge on any atom is -0.396 e. The second kappa shape index (κ2) is 4.49. The summed E-state index contributed by atoms with van der Waals surface area (Å²) in [5.74, 6) is 0.553. The van der Waals surface area contributed by atoms with Crippen molar-refractivity contribution in [3.05, 3.63) is 11.5 Å². The molecule has 66 valence electrons. The number of hydrogen-bond donors (Lipinski definition) is 2. The van der Waals surface area contributed by atoms with Crippen molar-refractivity contribution in [1.29, 1.82) is 0 Å². The zero-order valence-electron chi connectivity index (χ0n) is 6.20. The average Bonchev–Trinajstić information content (AvgIpc) is 2.07. The third-order valence-corrected chi connectivity index (χ3v) is 2.25. The molecule has 1 aromatic heterocycles. The lowest BCUT2D eigenvalue weighted by atomic mass is 10.6. The van der Waals surface area contributed by atoms with Gasteiger partial charge in [0.2, 0.25) is 5.28 Å². The summed E-state index contributed by atoms with van der Waals surface area (Å²) in [4.78, 5) is 7.59. The second-order valence-electron chi connectivity index (χ2n) is 1.97. The van der Waals surface area contributed by atoms with Crippen molar-refractivity contribution in [2.24, 2.45) is 0 Å². The molecule has 0 spiro atoms. The van der Waals surface area contributed by atoms with Gasteiger partial charge in [-0.2, -0.15) is 0 Å². The Hall–Kier alpha value is -0.520. The molecule has 0 amide bonds. The fourth-order valence-corrected chi connectivity index (χ4v) is 1.45. The molecule has 1 rings (SSSR count). The van der Waals surface area contributed by atoms with Gasteiger partial charge in [0.15, 0.2) is 0 Å². The normalized spacial score (nSPS) is 10.2. The van der Waals surface area contributed by atoms with Crippen molar-refractivity contribution in [2.75, 3.05) is 18.1 Å². The molecule has 0 aliphatic carbocycles. The van der Waals surface area contributed by atoms with Crippen molar-refractivity contribution in [1.82, 2.24) is 9.97 Å². The molecular formula is C6H8ClN3OS. The summed E-state index contributed by atoms with van der Waals surface area (Å²) in [6.45, 7) is 0.0890. The SMILES string of the molecule is Nc1cnc(Cl)nc1SCCO. The van der Waals surface area contributed by atoms with E-state index in [9.17, 15) is 0 Å². The summed E-state index contributed by atoms with van der Waals surface area (Å²) in [5.41, 5.74) is 6.03. The molecule has 1 heterocycles. The van der Waals surface area contributed by atoms with Gasteiger partial charge in [0.25, 0.3) is 0 Å². The van der Waals surface area contributed by atoms with E-state index in [2.05, 4.69) is 9.97 Å². The highest BCUT2D eigenvalue weighted by atomic mass is 35.5. The molecule has 0 aliphatic heterocycles. The van der Waals surface area contributed by atoms with Crippen LogP contribution in [0.1, 0.15) is 0 Å². The maximum absolute atomic E-state index is 8.55. The topological polar surface area (TPSA) is 72.0 Å². The van der Waals surface area contributed by atoms with Crippen LogP contribution < -0.4 is 5.73 Å². The van der Waals surface area contributed by atoms with Crippen LogP contribution in [-0.2, 0) is 0 Å². The first-order valence-electron chi connectivity index (χ1n) is 3.25. The molecular weight excluding hydrogens is 198 g/mol. The van der Waals surface area contributed by atoms with Gasteiger partial charge in [-0.3, -0.25) is 0 Å². The predicted octanol–water partition coefficient (Wildman–Crippen LogP) is 0.797. The Bertz CT molecular complexity index is 271. The first-order valence-corrected chi connectivity index (χ1v) is 4.62. The molecule has 0 saturated heterocycles. The maximum Gasteiger partial charge on any atom is 0.223 e. The van der Waals surface area contributed by atoms with Crippen LogP contribution in [-0.4, -0.2) is 27.4 Å². The van der Waals surface area contributed by atoms with E-state index < -0.39 is 0 Å². The summed E-state index contributed by atoms with van der Waals surface area (Å²) in [6, 6.07) is 0. The second-order valence-corrected chi connectivity index (χ2v) is 3.39. The van der Waals surface area contributed by atoms with Crippen molar-refractivity contribution in [3.63, 3.8) is 0 Å². The Morgan fingerprint density at radius 1 is 1.67 bits per heavy atom. The lowest BCUT2D eigenvalue weighted by Crippen LogP contribution is -1.96. The highest BCUT2D eigenvalue weighted by Crippen LogP contribution is 2.22. The van der Waals surface area contributed by atoms with Crippen molar-refractivity contribution >= 4 is 29.1 Å². The van der Waals surface area contributed by atoms with E-state index in [-0.39, 0.29) is 11.9 Å². The average molecular weight is 206 g/mol. The standard InChI is InChI=1S/C6H8ClN3OS/c7-6-9-3-4(8)5(10-6)12-2-1-11/h3,11H,1-2,8H2. The minimum atomic E-state index is 0.0890. The highest BCUT2D eigenvalue weighted by Gasteiger charge is 2.02. The van der Waals surface area contributed by atoms with Gasteiger partial charge in [-0.15, -0.1) is 11.8 Å². The summed E-state index contributed by atoms with van der Waals surface area (Å²) in [7, 11) is 0. The molecule has 4 nitrogen and oxygen atoms in total. The first kappa shape index (κ1) is 9.57. The molecule has 0 saturated carbocycles. The number of nitrogens with two attached hydrogens (primary N) is 1. The molecule has 3 N–H and O–H groups in total. The molecule has 1 aromatic rings. The van der Waals surface area contributed by atoms with Crippen LogP contribution in [0.3, 0.4) is 0 Å². The van der Waals surface area contributed by atoms with E-state index in [0.717, 1.165) is 0 Å². The number of nitrogens with zero attached hydrogens (tertiary/aromatic N) is 2. The van der Waals surface area contributed by atoms with Gasteiger partial charge in [0.05, 0.1) is 18.5 Å². The summed E-state index contributed by atoms with van der Waals surface area (Å²) >= 11 is 6.89. The Morgan fingerprint density at radius 3 is 3.08 bits per heavy atom. The van der Waals surface area contributed by atoms with Gasteiger partial charge >= 0.3 is 0 Å². The molecule has 0 radical (unpaired) electrons. The highest BCUT2D eigenvalue weighted by molar-refractivity contribution is 7.99. The zero-order valence-corrected chi connectivity index (χ0v) is 7.77. The van der Waals surface area contributed by atoms with Crippen molar-refractivity contribution < 1.29 is 5.11 Å². The first-order chi connectivity index (χ1) is 5.74. The number of anilines is 1. The van der Waals surface area contributed by atoms with Gasteiger partial charge in [0, 0.05) is 5.75 Å². The Morgan fingerprint density at radius 2 is 2.42 bits per heavy atom. The van der Waals surface area contributed by atoms with Crippen molar-refractivity contribution in [2.45, 2.75) is 5.03 Å². The van der Waals surface area contributed by atoms with E-state index >= 15 is 0 Å². The lowest BCUT2D eigenvalue weighted by molar-refractivity contribution is 0.322. The van der Waals surface area contributed by atoms with Gasteiger partial charge in [-0.05, 0) is 11.6 Å². The van der Waals surface area contributed by atoms with Crippen LogP contribution in [0.5, 0.6) is 0 Å². The van der Waals surface area contributed by atoms with Crippen LogP contribution in [0.15, 0.2) is 11.2 Å². The van der Waals surface area contributed by atoms with E-state index in [1.807, 2.05) is 0 Å². The third kappa shape index (κ3) is 2.51. The monoisotopic (exact) mass is 205 g/mol. The number of halogens is 1. The quantitative estimate of drug-likeness (QED) is 0.434. The maximum atomic E-state index is 8.55. The smallest absolute Gasteiger partial charge is 0.223 e. The van der Waals surface area contributed by atoms with E-state index in [0.29, 0.717) is 16.5 Å². The molecule has 0 bridgehead atoms. The van der Waals surface area contributed by atoms with Crippen LogP contribution in [0.25, 0.3) is 0 Å². The fraction of sp³-hybridized carbons (Fsp3) is 0.333. The third-order valence-electron chi connectivity index (χ3n) is 1.08. The van der Waals surface area contributed by atoms with Crippen LogP contribution in [0.4, 0.5) is 5.69 Å². The Balaban J connectivity index is 2.75. The zero-order chi connectivity index (χ0) is 8.97. The van der Waals surface area contributed by atoms with Gasteiger partial charge < -0.3 is 10.8 Å². The molecule has 0 fully saturated rings. The molecule has 12 heavy (non-hydrogen) atoms. The van der Waals surface area contributed by atoms with Crippen LogP contribution >= 0.6 is 23.4 Å². The summed E-state index contributed by atoms with van der Waals surface area (Å²) < 4.78 is 0. The Kier molecular flexibility index (Phi) is 3.58. The number of aromatic nitrogens is 2. The van der Waals surface area contributed by atoms with Gasteiger partial charge in [-0.25, -0.2) is 9.97 Å². The number of nitrogen functional groups attached to an aromatic ring is 1. The summed E-state index contributed by atoms with van der Waals surface area (Å²) in [6.07, 6.45) is 1.45. The molecule has 0 atom stereocenters. The Labute approximate surface area is 79.2 Å². The molecule has 0 unspecified atom stereocenters. The van der Waals surface area contributed by atoms with Crippen LogP contribution in [0, 0.1) is 0 Å². The fourth-order valence-electron chi connectivity index (χ4n) is 0.613. The molecule has 6 heteroatoms. The summed E-state index contributed by atoms with van der Waals surface area (Å²) in [5, 5.41) is 9.34. The van der Waals surface area contributed by atoms with Crippen molar-refractivity contribution in [3.8, 4) is 0 Å². The van der Waals surface area contributed by atoms with E-state index in [1.54, 1.807) is 0 Å². The van der Waals surface area contributed by atoms with Gasteiger partial charge in [0.1, 0.15) is 5.03 Å². The number of hydrogen-bond acceptors (Lipinski definition) is 5. The largest absolute Gasteiger partial charge is 0.396 e. The van der Waals surface area contributed by atoms with E-state index in [4.69, 9.17) is 22.4 Å². The molecule has 0 aromatic carbocycles. The predicted molar refractivity (Wildman–Crippen MR) is 49.3 cm³/mol.